The Morgan fingerprint density at radius 2 is 1.08 bits per heavy atom. The fourth-order valence-electron chi connectivity index (χ4n) is 3.85. The van der Waals surface area contributed by atoms with E-state index in [4.69, 9.17) is 0 Å². The molecule has 3 aliphatic rings. The minimum atomic E-state index is 0.102. The number of hydrazone groups is 3. The molecule has 3 amide bonds. The summed E-state index contributed by atoms with van der Waals surface area (Å²) in [5.74, 6) is 1.86. The molecule has 1 atom stereocenters. The first-order chi connectivity index (χ1) is 16.6. The maximum absolute atomic E-state index is 11.4. The molecule has 0 N–H and O–H groups in total. The number of nitrogens with zero attached hydrogens (tertiary/aromatic N) is 6. The summed E-state index contributed by atoms with van der Waals surface area (Å²) in [5, 5.41) is 17.3. The number of hydrogen-bond donors (Lipinski definition) is 0. The normalized spacial score (nSPS) is 20.8. The van der Waals surface area contributed by atoms with Crippen LogP contribution in [0, 0.1) is 23.7 Å². The molecule has 1 unspecified atom stereocenters. The largest absolute Gasteiger partial charge is 0.273 e. The molecule has 0 fully saturated rings. The minimum Gasteiger partial charge on any atom is -0.273 e. The van der Waals surface area contributed by atoms with E-state index in [1.54, 1.807) is 19.1 Å². The van der Waals surface area contributed by atoms with Crippen LogP contribution in [0.1, 0.15) is 94.4 Å². The summed E-state index contributed by atoms with van der Waals surface area (Å²) < 4.78 is 0. The van der Waals surface area contributed by atoms with Gasteiger partial charge in [0.1, 0.15) is 0 Å². The monoisotopic (exact) mass is 504 g/mol. The quantitative estimate of drug-likeness (QED) is 0.551. The van der Waals surface area contributed by atoms with Crippen LogP contribution in [-0.4, -0.2) is 70.0 Å². The predicted octanol–water partition coefficient (Wildman–Crippen LogP) is 4.78. The Morgan fingerprint density at radius 1 is 0.639 bits per heavy atom. The molecular weight excluding hydrogens is 456 g/mol. The first-order valence-corrected chi connectivity index (χ1v) is 13.2. The van der Waals surface area contributed by atoms with E-state index in [9.17, 15) is 14.4 Å². The molecule has 0 aromatic rings. The van der Waals surface area contributed by atoms with Gasteiger partial charge in [0, 0.05) is 56.0 Å². The molecule has 0 radical (unpaired) electrons. The molecule has 0 saturated carbocycles. The van der Waals surface area contributed by atoms with Crippen LogP contribution in [0.4, 0.5) is 0 Å². The molecule has 0 saturated heterocycles. The van der Waals surface area contributed by atoms with Gasteiger partial charge in [0.05, 0.1) is 0 Å². The fourth-order valence-corrected chi connectivity index (χ4v) is 3.85. The Balaban J connectivity index is 0.000000271. The highest BCUT2D eigenvalue weighted by atomic mass is 16.2. The molecular formula is C27H48N6O3. The van der Waals surface area contributed by atoms with Gasteiger partial charge in [-0.05, 0) is 50.9 Å². The molecule has 0 aromatic heterocycles. The van der Waals surface area contributed by atoms with Crippen molar-refractivity contribution >= 4 is 34.9 Å². The van der Waals surface area contributed by atoms with Crippen molar-refractivity contribution in [3.63, 3.8) is 0 Å². The zero-order chi connectivity index (χ0) is 27.7. The van der Waals surface area contributed by atoms with E-state index in [1.807, 2.05) is 20.8 Å². The van der Waals surface area contributed by atoms with Gasteiger partial charge in [-0.2, -0.15) is 15.3 Å². The van der Waals surface area contributed by atoms with Gasteiger partial charge in [-0.15, -0.1) is 0 Å². The van der Waals surface area contributed by atoms with Crippen molar-refractivity contribution in [2.75, 3.05) is 14.1 Å². The molecule has 0 aliphatic carbocycles. The molecule has 9 nitrogen and oxygen atoms in total. The second kappa shape index (κ2) is 14.2. The highest BCUT2D eigenvalue weighted by Crippen LogP contribution is 2.18. The third-order valence-electron chi connectivity index (χ3n) is 6.34. The average Bonchev–Trinajstić information content (AvgIpc) is 2.79. The van der Waals surface area contributed by atoms with Crippen LogP contribution in [0.5, 0.6) is 0 Å². The Morgan fingerprint density at radius 3 is 1.50 bits per heavy atom. The third-order valence-corrected chi connectivity index (χ3v) is 6.34. The van der Waals surface area contributed by atoms with Crippen molar-refractivity contribution in [2.45, 2.75) is 100 Å². The first-order valence-electron chi connectivity index (χ1n) is 13.2. The van der Waals surface area contributed by atoms with Crippen LogP contribution in [0.25, 0.3) is 0 Å². The van der Waals surface area contributed by atoms with Crippen LogP contribution in [-0.2, 0) is 14.4 Å². The van der Waals surface area contributed by atoms with E-state index in [0.717, 1.165) is 36.4 Å². The number of amides is 3. The topological polar surface area (TPSA) is 98.0 Å². The van der Waals surface area contributed by atoms with Gasteiger partial charge in [-0.25, -0.2) is 15.0 Å². The molecule has 204 valence electrons. The molecule has 9 heteroatoms. The maximum atomic E-state index is 11.4. The Kier molecular flexibility index (Phi) is 12.4. The van der Waals surface area contributed by atoms with E-state index in [0.29, 0.717) is 30.6 Å². The van der Waals surface area contributed by atoms with Crippen molar-refractivity contribution in [1.82, 2.24) is 15.0 Å². The minimum absolute atomic E-state index is 0.102. The Labute approximate surface area is 218 Å². The van der Waals surface area contributed by atoms with Gasteiger partial charge in [0.15, 0.2) is 0 Å². The summed E-state index contributed by atoms with van der Waals surface area (Å²) in [6, 6.07) is 0.182. The first kappa shape index (κ1) is 31.4. The molecule has 3 aliphatic heterocycles. The third kappa shape index (κ3) is 9.47. The van der Waals surface area contributed by atoms with Gasteiger partial charge in [-0.1, -0.05) is 48.5 Å². The van der Waals surface area contributed by atoms with E-state index < -0.39 is 0 Å². The smallest absolute Gasteiger partial charge is 0.245 e. The number of carbonyl (C=O) groups is 3. The lowest BCUT2D eigenvalue weighted by Crippen LogP contribution is -2.37. The van der Waals surface area contributed by atoms with E-state index in [2.05, 4.69) is 56.8 Å². The van der Waals surface area contributed by atoms with Crippen molar-refractivity contribution in [3.8, 4) is 0 Å². The van der Waals surface area contributed by atoms with E-state index >= 15 is 0 Å². The second-order valence-electron chi connectivity index (χ2n) is 11.0. The average molecular weight is 505 g/mol. The number of hydrogen-bond acceptors (Lipinski definition) is 6. The van der Waals surface area contributed by atoms with Crippen LogP contribution in [0.15, 0.2) is 15.3 Å². The van der Waals surface area contributed by atoms with E-state index in [-0.39, 0.29) is 29.7 Å². The number of carbonyl (C=O) groups excluding carboxylic acids is 3. The zero-order valence-corrected chi connectivity index (χ0v) is 24.3. The van der Waals surface area contributed by atoms with Gasteiger partial charge in [-0.3, -0.25) is 14.4 Å². The van der Waals surface area contributed by atoms with Crippen LogP contribution in [0.2, 0.25) is 0 Å². The van der Waals surface area contributed by atoms with Crippen molar-refractivity contribution in [2.24, 2.45) is 39.0 Å². The van der Waals surface area contributed by atoms with Crippen LogP contribution < -0.4 is 0 Å². The van der Waals surface area contributed by atoms with Crippen LogP contribution >= 0.6 is 0 Å². The molecule has 0 aromatic carbocycles. The summed E-state index contributed by atoms with van der Waals surface area (Å²) >= 11 is 0. The SMILES string of the molecule is CC(C)C1=NN(C(C)C)C(=O)CC1.CC(C)C1=NN(C)C(=O)C(C)C1.CC(C)C1=NN(C)C(=O)CC1. The second-order valence-corrected chi connectivity index (χ2v) is 11.0. The molecule has 0 spiro atoms. The summed E-state index contributed by atoms with van der Waals surface area (Å²) in [6.07, 6.45) is 3.73. The predicted molar refractivity (Wildman–Crippen MR) is 147 cm³/mol. The highest BCUT2D eigenvalue weighted by molar-refractivity contribution is 5.95. The zero-order valence-electron chi connectivity index (χ0n) is 24.3. The standard InChI is InChI=1S/C10H18N2O.C9H16N2O.C8H14N2O/c1-7(2)9-5-6-10(13)12(11-9)8(3)4;1-6(2)8-5-7(3)9(12)11(4)10-8;1-6(2)7-4-5-8(11)10(3)9-7/h7-8H,5-6H2,1-4H3;6-7H,5H2,1-4H3;6H,4-5H2,1-3H3. The fraction of sp³-hybridized carbons (Fsp3) is 0.778. The summed E-state index contributed by atoms with van der Waals surface area (Å²) in [5.41, 5.74) is 3.41. The van der Waals surface area contributed by atoms with Crippen molar-refractivity contribution in [1.29, 1.82) is 0 Å². The lowest BCUT2D eigenvalue weighted by atomic mass is 9.95. The molecule has 0 bridgehead atoms. The summed E-state index contributed by atoms with van der Waals surface area (Å²) in [6.45, 7) is 18.6. The lowest BCUT2D eigenvalue weighted by molar-refractivity contribution is -0.134. The van der Waals surface area contributed by atoms with Gasteiger partial charge in [0.2, 0.25) is 17.7 Å². The summed E-state index contributed by atoms with van der Waals surface area (Å²) in [4.78, 5) is 33.7. The van der Waals surface area contributed by atoms with Crippen molar-refractivity contribution in [3.05, 3.63) is 0 Å². The van der Waals surface area contributed by atoms with E-state index in [1.165, 1.54) is 10.0 Å². The Bertz CT molecular complexity index is 873. The maximum Gasteiger partial charge on any atom is 0.245 e. The number of rotatable bonds is 4. The molecule has 3 rings (SSSR count). The van der Waals surface area contributed by atoms with Gasteiger partial charge < -0.3 is 0 Å². The van der Waals surface area contributed by atoms with Gasteiger partial charge >= 0.3 is 0 Å². The summed E-state index contributed by atoms with van der Waals surface area (Å²) in [7, 11) is 3.43. The lowest BCUT2D eigenvalue weighted by Gasteiger charge is -2.27. The van der Waals surface area contributed by atoms with Gasteiger partial charge in [0.25, 0.3) is 0 Å². The molecule has 36 heavy (non-hydrogen) atoms. The molecule has 3 heterocycles. The van der Waals surface area contributed by atoms with Crippen LogP contribution in [0.3, 0.4) is 0 Å². The highest BCUT2D eigenvalue weighted by Gasteiger charge is 2.26. The Hall–Kier alpha value is -2.58. The van der Waals surface area contributed by atoms with Crippen molar-refractivity contribution < 1.29 is 14.4 Å².